The fourth-order valence-corrected chi connectivity index (χ4v) is 2.78. The number of hydrazine groups is 1. The van der Waals surface area contributed by atoms with Crippen molar-refractivity contribution in [2.75, 3.05) is 13.7 Å². The van der Waals surface area contributed by atoms with Crippen molar-refractivity contribution in [1.82, 2.24) is 15.3 Å². The van der Waals surface area contributed by atoms with Crippen molar-refractivity contribution in [3.05, 3.63) is 29.8 Å². The number of nitrogens with one attached hydrogen (secondary N) is 1. The van der Waals surface area contributed by atoms with Crippen molar-refractivity contribution in [1.29, 1.82) is 0 Å². The highest BCUT2D eigenvalue weighted by atomic mass is 16.5. The molecular formula is C18H29N5O3. The molecule has 1 heterocycles. The molecule has 5 N–H and O–H groups in total. The first-order valence-corrected chi connectivity index (χ1v) is 9.06. The zero-order valence-corrected chi connectivity index (χ0v) is 15.5. The van der Waals surface area contributed by atoms with Gasteiger partial charge in [0.15, 0.2) is 5.82 Å². The monoisotopic (exact) mass is 363 g/mol. The van der Waals surface area contributed by atoms with E-state index in [9.17, 15) is 4.79 Å². The minimum Gasteiger partial charge on any atom is -0.489 e. The highest BCUT2D eigenvalue weighted by Gasteiger charge is 2.17. The molecule has 1 aliphatic carbocycles. The van der Waals surface area contributed by atoms with Gasteiger partial charge in [-0.3, -0.25) is 15.3 Å². The van der Waals surface area contributed by atoms with Gasteiger partial charge in [-0.15, -0.1) is 0 Å². The van der Waals surface area contributed by atoms with E-state index in [2.05, 4.69) is 10.3 Å². The van der Waals surface area contributed by atoms with Crippen LogP contribution in [0.1, 0.15) is 51.1 Å². The van der Waals surface area contributed by atoms with Crippen LogP contribution in [-0.2, 0) is 4.74 Å². The standard InChI is InChI=1S/C18H29N5O3/c1-3-11-25-18(24)22-17(23(2)20)16(19)15-10-9-14(12-21-15)26-13-7-5-4-6-8-13/h9-10,12-13H,3-8,11,19-20H2,1-2H3,(H,22,24)/b17-16-. The lowest BCUT2D eigenvalue weighted by Crippen LogP contribution is -2.39. The molecule has 1 saturated carbocycles. The number of hydrogen-bond donors (Lipinski definition) is 3. The number of hydrogen-bond acceptors (Lipinski definition) is 7. The molecule has 1 amide bonds. The maximum absolute atomic E-state index is 11.8. The van der Waals surface area contributed by atoms with Crippen LogP contribution in [0.2, 0.25) is 0 Å². The van der Waals surface area contributed by atoms with Gasteiger partial charge in [0.25, 0.3) is 0 Å². The molecule has 2 rings (SSSR count). The van der Waals surface area contributed by atoms with Crippen molar-refractivity contribution in [2.45, 2.75) is 51.6 Å². The van der Waals surface area contributed by atoms with Gasteiger partial charge in [-0.05, 0) is 44.2 Å². The zero-order chi connectivity index (χ0) is 18.9. The molecule has 144 valence electrons. The summed E-state index contributed by atoms with van der Waals surface area (Å²) in [7, 11) is 1.57. The minimum atomic E-state index is -0.612. The topological polar surface area (TPSA) is 116 Å². The van der Waals surface area contributed by atoms with Gasteiger partial charge in [-0.1, -0.05) is 13.3 Å². The van der Waals surface area contributed by atoms with E-state index in [4.69, 9.17) is 21.1 Å². The van der Waals surface area contributed by atoms with Crippen LogP contribution in [0.3, 0.4) is 0 Å². The van der Waals surface area contributed by atoms with Crippen molar-refractivity contribution >= 4 is 11.8 Å². The summed E-state index contributed by atoms with van der Waals surface area (Å²) in [5, 5.41) is 3.77. The molecule has 1 aromatic rings. The number of aromatic nitrogens is 1. The van der Waals surface area contributed by atoms with E-state index in [1.165, 1.54) is 24.3 Å². The molecule has 1 fully saturated rings. The van der Waals surface area contributed by atoms with Crippen LogP contribution in [0.25, 0.3) is 5.70 Å². The van der Waals surface area contributed by atoms with Crippen LogP contribution in [0.5, 0.6) is 5.75 Å². The smallest absolute Gasteiger partial charge is 0.412 e. The molecule has 0 unspecified atom stereocenters. The molecule has 0 saturated heterocycles. The van der Waals surface area contributed by atoms with E-state index in [1.54, 1.807) is 19.3 Å². The van der Waals surface area contributed by atoms with Gasteiger partial charge in [0.1, 0.15) is 11.4 Å². The van der Waals surface area contributed by atoms with Gasteiger partial charge in [0, 0.05) is 7.05 Å². The number of carbonyl (C=O) groups excluding carboxylic acids is 1. The SMILES string of the molecule is CCCOC(=O)N/C(=C(/N)c1ccc(OC2CCCCC2)cn1)N(C)N. The number of rotatable bonds is 7. The molecule has 0 atom stereocenters. The van der Waals surface area contributed by atoms with Crippen LogP contribution < -0.4 is 21.6 Å². The molecule has 0 aliphatic heterocycles. The van der Waals surface area contributed by atoms with Crippen molar-refractivity contribution in [3.63, 3.8) is 0 Å². The number of nitrogens with two attached hydrogens (primary N) is 2. The molecule has 1 aromatic heterocycles. The van der Waals surface area contributed by atoms with Crippen LogP contribution >= 0.6 is 0 Å². The quantitative estimate of drug-likeness (QED) is 0.503. The van der Waals surface area contributed by atoms with Crippen molar-refractivity contribution < 1.29 is 14.3 Å². The first-order valence-electron chi connectivity index (χ1n) is 9.06. The second-order valence-electron chi connectivity index (χ2n) is 6.39. The third kappa shape index (κ3) is 5.80. The predicted molar refractivity (Wildman–Crippen MR) is 99.6 cm³/mol. The number of alkyl carbamates (subject to hydrolysis) is 1. The van der Waals surface area contributed by atoms with Crippen LogP contribution in [0.15, 0.2) is 24.2 Å². The fourth-order valence-electron chi connectivity index (χ4n) is 2.78. The Balaban J connectivity index is 2.07. The zero-order valence-electron chi connectivity index (χ0n) is 15.5. The largest absolute Gasteiger partial charge is 0.489 e. The summed E-state index contributed by atoms with van der Waals surface area (Å²) in [5.74, 6) is 6.71. The van der Waals surface area contributed by atoms with E-state index in [-0.39, 0.29) is 17.6 Å². The van der Waals surface area contributed by atoms with Gasteiger partial charge in [0.2, 0.25) is 0 Å². The van der Waals surface area contributed by atoms with Crippen LogP contribution in [0, 0.1) is 0 Å². The Labute approximate surface area is 154 Å². The van der Waals surface area contributed by atoms with E-state index in [0.717, 1.165) is 19.3 Å². The Hall–Kier alpha value is -2.48. The molecule has 8 nitrogen and oxygen atoms in total. The Bertz CT molecular complexity index is 610. The van der Waals surface area contributed by atoms with Gasteiger partial charge >= 0.3 is 6.09 Å². The molecule has 0 radical (unpaired) electrons. The van der Waals surface area contributed by atoms with E-state index in [0.29, 0.717) is 18.1 Å². The average molecular weight is 363 g/mol. The van der Waals surface area contributed by atoms with Crippen LogP contribution in [-0.4, -0.2) is 35.8 Å². The minimum absolute atomic E-state index is 0.222. The summed E-state index contributed by atoms with van der Waals surface area (Å²) in [5.41, 5.74) is 6.87. The lowest BCUT2D eigenvalue weighted by Gasteiger charge is -2.23. The molecule has 0 spiro atoms. The Morgan fingerprint density at radius 3 is 2.65 bits per heavy atom. The van der Waals surface area contributed by atoms with Gasteiger partial charge in [-0.2, -0.15) is 0 Å². The van der Waals surface area contributed by atoms with Gasteiger partial charge in [-0.25, -0.2) is 10.6 Å². The van der Waals surface area contributed by atoms with E-state index < -0.39 is 6.09 Å². The maximum Gasteiger partial charge on any atom is 0.412 e. The number of pyridine rings is 1. The Kier molecular flexibility index (Phi) is 7.53. The van der Waals surface area contributed by atoms with Crippen molar-refractivity contribution in [3.8, 4) is 5.75 Å². The first-order chi connectivity index (χ1) is 12.5. The molecular weight excluding hydrogens is 334 g/mol. The Morgan fingerprint density at radius 1 is 1.35 bits per heavy atom. The predicted octanol–water partition coefficient (Wildman–Crippen LogP) is 2.32. The summed E-state index contributed by atoms with van der Waals surface area (Å²) >= 11 is 0. The van der Waals surface area contributed by atoms with E-state index in [1.807, 2.05) is 13.0 Å². The van der Waals surface area contributed by atoms with Crippen molar-refractivity contribution in [2.24, 2.45) is 11.6 Å². The lowest BCUT2D eigenvalue weighted by atomic mass is 9.98. The Morgan fingerprint density at radius 2 is 2.08 bits per heavy atom. The molecule has 26 heavy (non-hydrogen) atoms. The summed E-state index contributed by atoms with van der Waals surface area (Å²) in [6.45, 7) is 2.23. The average Bonchev–Trinajstić information content (AvgIpc) is 2.65. The van der Waals surface area contributed by atoms with Crippen LogP contribution in [0.4, 0.5) is 4.79 Å². The molecule has 0 bridgehead atoms. The number of ether oxygens (including phenoxy) is 2. The molecule has 8 heteroatoms. The second-order valence-corrected chi connectivity index (χ2v) is 6.39. The highest BCUT2D eigenvalue weighted by molar-refractivity contribution is 5.74. The second kappa shape index (κ2) is 9.86. The third-order valence-electron chi connectivity index (χ3n) is 4.13. The highest BCUT2D eigenvalue weighted by Crippen LogP contribution is 2.23. The summed E-state index contributed by atoms with van der Waals surface area (Å²) in [6, 6.07) is 3.57. The number of amides is 1. The number of nitrogens with zero attached hydrogens (tertiary/aromatic N) is 2. The van der Waals surface area contributed by atoms with E-state index >= 15 is 0 Å². The summed E-state index contributed by atoms with van der Waals surface area (Å²) in [6.07, 6.45) is 7.86. The summed E-state index contributed by atoms with van der Waals surface area (Å²) in [4.78, 5) is 16.1. The maximum atomic E-state index is 11.8. The molecule has 1 aliphatic rings. The summed E-state index contributed by atoms with van der Waals surface area (Å²) < 4.78 is 11.0. The normalized spacial score (nSPS) is 15.8. The number of carbonyl (C=O) groups is 1. The van der Waals surface area contributed by atoms with Gasteiger partial charge in [0.05, 0.1) is 24.6 Å². The fraction of sp³-hybridized carbons (Fsp3) is 0.556. The third-order valence-corrected chi connectivity index (χ3v) is 4.13. The first kappa shape index (κ1) is 19.8. The lowest BCUT2D eigenvalue weighted by molar-refractivity contribution is 0.146. The molecule has 0 aromatic carbocycles. The van der Waals surface area contributed by atoms with Gasteiger partial charge < -0.3 is 15.2 Å².